The maximum atomic E-state index is 6.37. The van der Waals surface area contributed by atoms with Gasteiger partial charge in [0.25, 0.3) is 0 Å². The molecule has 0 spiro atoms. The number of likely N-dealkylation sites (N-methyl/N-ethyl adjacent to an activating group) is 1. The molecule has 1 heterocycles. The molecular formula is C15H28ClN3O. The van der Waals surface area contributed by atoms with Crippen LogP contribution in [0.4, 0.5) is 0 Å². The highest BCUT2D eigenvalue weighted by Crippen LogP contribution is 2.23. The highest BCUT2D eigenvalue weighted by molar-refractivity contribution is 6.31. The minimum Gasteiger partial charge on any atom is -0.377 e. The van der Waals surface area contributed by atoms with Crippen molar-refractivity contribution >= 4 is 11.6 Å². The van der Waals surface area contributed by atoms with Crippen LogP contribution in [0, 0.1) is 12.8 Å². The van der Waals surface area contributed by atoms with Crippen LogP contribution < -0.4 is 5.32 Å². The molecule has 0 fully saturated rings. The molecule has 20 heavy (non-hydrogen) atoms. The van der Waals surface area contributed by atoms with Crippen LogP contribution in [0.25, 0.3) is 0 Å². The molecule has 0 aliphatic rings. The molecule has 0 saturated carbocycles. The van der Waals surface area contributed by atoms with Crippen LogP contribution in [-0.2, 0) is 18.2 Å². The number of nitrogens with one attached hydrogen (secondary N) is 1. The van der Waals surface area contributed by atoms with Gasteiger partial charge in [0.05, 0.1) is 22.5 Å². The first kappa shape index (κ1) is 17.5. The average molecular weight is 302 g/mol. The molecule has 2 unspecified atom stereocenters. The number of halogens is 1. The Balaban J connectivity index is 2.95. The van der Waals surface area contributed by atoms with Crippen molar-refractivity contribution in [3.8, 4) is 0 Å². The molecule has 116 valence electrons. The first-order valence-corrected chi connectivity index (χ1v) is 7.83. The Hall–Kier alpha value is -0.580. The molecule has 0 amide bonds. The summed E-state index contributed by atoms with van der Waals surface area (Å²) < 4.78 is 7.82. The molecule has 0 aliphatic heterocycles. The van der Waals surface area contributed by atoms with Gasteiger partial charge in [0, 0.05) is 26.1 Å². The van der Waals surface area contributed by atoms with E-state index in [1.165, 1.54) is 0 Å². The van der Waals surface area contributed by atoms with E-state index < -0.39 is 0 Å². The summed E-state index contributed by atoms with van der Waals surface area (Å²) in [6.07, 6.45) is 0.999. The summed E-state index contributed by atoms with van der Waals surface area (Å²) in [4.78, 5) is 0. The highest BCUT2D eigenvalue weighted by Gasteiger charge is 2.27. The normalized spacial score (nSPS) is 14.8. The standard InChI is InChI=1S/C15H28ClN3O/c1-7-17-12(15(10(3)4)20-8-2)9-13-14(16)11(5)18-19(13)6/h10,12,15,17H,7-9H2,1-6H3. The molecule has 0 aromatic carbocycles. The molecule has 0 radical (unpaired) electrons. The summed E-state index contributed by atoms with van der Waals surface area (Å²) >= 11 is 6.37. The third kappa shape index (κ3) is 4.21. The molecule has 1 aromatic rings. The van der Waals surface area contributed by atoms with Gasteiger partial charge in [0.1, 0.15) is 0 Å². The lowest BCUT2D eigenvalue weighted by molar-refractivity contribution is 0.00357. The topological polar surface area (TPSA) is 39.1 Å². The number of aromatic nitrogens is 2. The summed E-state index contributed by atoms with van der Waals surface area (Å²) in [7, 11) is 1.95. The maximum absolute atomic E-state index is 6.37. The molecule has 1 N–H and O–H groups in total. The Bertz CT molecular complexity index is 417. The molecule has 1 rings (SSSR count). The average Bonchev–Trinajstić information content (AvgIpc) is 2.61. The highest BCUT2D eigenvalue weighted by atomic mass is 35.5. The van der Waals surface area contributed by atoms with Gasteiger partial charge in [-0.15, -0.1) is 0 Å². The monoisotopic (exact) mass is 301 g/mol. The number of rotatable bonds is 8. The largest absolute Gasteiger partial charge is 0.377 e. The molecular weight excluding hydrogens is 274 g/mol. The second-order valence-corrected chi connectivity index (χ2v) is 5.88. The van der Waals surface area contributed by atoms with Crippen molar-refractivity contribution in [3.05, 3.63) is 16.4 Å². The van der Waals surface area contributed by atoms with Crippen LogP contribution in [0.5, 0.6) is 0 Å². The Kier molecular flexibility index (Phi) is 7.00. The van der Waals surface area contributed by atoms with Gasteiger partial charge in [-0.3, -0.25) is 4.68 Å². The molecule has 0 aliphatic carbocycles. The molecule has 1 aromatic heterocycles. The number of nitrogens with zero attached hydrogens (tertiary/aromatic N) is 2. The van der Waals surface area contributed by atoms with Gasteiger partial charge in [0.2, 0.25) is 0 Å². The Labute approximate surface area is 127 Å². The van der Waals surface area contributed by atoms with E-state index >= 15 is 0 Å². The summed E-state index contributed by atoms with van der Waals surface area (Å²) in [6, 6.07) is 0.243. The van der Waals surface area contributed by atoms with Crippen molar-refractivity contribution in [3.63, 3.8) is 0 Å². The zero-order valence-electron chi connectivity index (χ0n) is 13.5. The summed E-state index contributed by atoms with van der Waals surface area (Å²) in [5.74, 6) is 0.451. The van der Waals surface area contributed by atoms with Crippen molar-refractivity contribution < 1.29 is 4.74 Å². The fourth-order valence-corrected chi connectivity index (χ4v) is 2.88. The second kappa shape index (κ2) is 8.01. The van der Waals surface area contributed by atoms with Gasteiger partial charge in [0.15, 0.2) is 0 Å². The van der Waals surface area contributed by atoms with Gasteiger partial charge >= 0.3 is 0 Å². The Morgan fingerprint density at radius 1 is 1.35 bits per heavy atom. The van der Waals surface area contributed by atoms with E-state index in [0.29, 0.717) is 5.92 Å². The number of ether oxygens (including phenoxy) is 1. The smallest absolute Gasteiger partial charge is 0.0847 e. The second-order valence-electron chi connectivity index (χ2n) is 5.50. The number of hydrogen-bond donors (Lipinski definition) is 1. The predicted molar refractivity (Wildman–Crippen MR) is 84.4 cm³/mol. The van der Waals surface area contributed by atoms with Crippen molar-refractivity contribution in [2.75, 3.05) is 13.2 Å². The van der Waals surface area contributed by atoms with Crippen molar-refractivity contribution in [1.82, 2.24) is 15.1 Å². The lowest BCUT2D eigenvalue weighted by Gasteiger charge is -2.30. The van der Waals surface area contributed by atoms with Gasteiger partial charge < -0.3 is 10.1 Å². The molecule has 5 heteroatoms. The molecule has 2 atom stereocenters. The van der Waals surface area contributed by atoms with E-state index in [1.807, 2.05) is 25.6 Å². The van der Waals surface area contributed by atoms with E-state index in [1.54, 1.807) is 0 Å². The minimum absolute atomic E-state index is 0.172. The zero-order chi connectivity index (χ0) is 15.3. The Morgan fingerprint density at radius 3 is 2.40 bits per heavy atom. The quantitative estimate of drug-likeness (QED) is 0.802. The van der Waals surface area contributed by atoms with E-state index in [9.17, 15) is 0 Å². The van der Waals surface area contributed by atoms with Crippen LogP contribution in [0.1, 0.15) is 39.1 Å². The predicted octanol–water partition coefficient (Wildman–Crippen LogP) is 2.96. The fraction of sp³-hybridized carbons (Fsp3) is 0.800. The molecule has 0 saturated heterocycles. The zero-order valence-corrected chi connectivity index (χ0v) is 14.3. The van der Waals surface area contributed by atoms with Crippen molar-refractivity contribution in [2.24, 2.45) is 13.0 Å². The van der Waals surface area contributed by atoms with E-state index in [0.717, 1.165) is 36.0 Å². The van der Waals surface area contributed by atoms with E-state index in [2.05, 4.69) is 31.2 Å². The van der Waals surface area contributed by atoms with Crippen molar-refractivity contribution in [2.45, 2.75) is 53.2 Å². The first-order valence-electron chi connectivity index (χ1n) is 7.45. The van der Waals surface area contributed by atoms with Crippen LogP contribution in [0.15, 0.2) is 0 Å². The third-order valence-electron chi connectivity index (χ3n) is 3.55. The van der Waals surface area contributed by atoms with E-state index in [4.69, 9.17) is 16.3 Å². The first-order chi connectivity index (χ1) is 9.42. The van der Waals surface area contributed by atoms with Gasteiger partial charge in [-0.25, -0.2) is 0 Å². The fourth-order valence-electron chi connectivity index (χ4n) is 2.64. The Morgan fingerprint density at radius 2 is 2.00 bits per heavy atom. The van der Waals surface area contributed by atoms with Crippen LogP contribution in [0.2, 0.25) is 5.02 Å². The lowest BCUT2D eigenvalue weighted by atomic mass is 9.95. The summed E-state index contributed by atoms with van der Waals surface area (Å²) in [5.41, 5.74) is 1.96. The maximum Gasteiger partial charge on any atom is 0.0847 e. The van der Waals surface area contributed by atoms with Gasteiger partial charge in [-0.05, 0) is 26.3 Å². The van der Waals surface area contributed by atoms with Crippen LogP contribution >= 0.6 is 11.6 Å². The molecule has 0 bridgehead atoms. The SMILES string of the molecule is CCNC(Cc1c(Cl)c(C)nn1C)C(OCC)C(C)C. The molecule has 4 nitrogen and oxygen atoms in total. The van der Waals surface area contributed by atoms with Crippen LogP contribution in [-0.4, -0.2) is 35.1 Å². The van der Waals surface area contributed by atoms with E-state index in [-0.39, 0.29) is 12.1 Å². The number of aryl methyl sites for hydroxylation is 2. The summed E-state index contributed by atoms with van der Waals surface area (Å²) in [5, 5.41) is 8.70. The van der Waals surface area contributed by atoms with Crippen LogP contribution in [0.3, 0.4) is 0 Å². The third-order valence-corrected chi connectivity index (χ3v) is 4.05. The lowest BCUT2D eigenvalue weighted by Crippen LogP contribution is -2.46. The number of hydrogen-bond acceptors (Lipinski definition) is 3. The summed E-state index contributed by atoms with van der Waals surface area (Å²) in [6.45, 7) is 12.1. The van der Waals surface area contributed by atoms with Gasteiger partial charge in [-0.1, -0.05) is 32.4 Å². The van der Waals surface area contributed by atoms with Gasteiger partial charge in [-0.2, -0.15) is 5.10 Å². The van der Waals surface area contributed by atoms with Crippen molar-refractivity contribution in [1.29, 1.82) is 0 Å². The minimum atomic E-state index is 0.172.